The number of carbonyl (C=O) groups excluding carboxylic acids is 1. The average Bonchev–Trinajstić information content (AvgIpc) is 3.09. The summed E-state index contributed by atoms with van der Waals surface area (Å²) < 4.78 is 8.02. The molecule has 0 N–H and O–H groups in total. The van der Waals surface area contributed by atoms with E-state index in [-0.39, 0.29) is 0 Å². The SMILES string of the molecule is CCOC(=O)c1cn(-c2ccc(Br)cc2)c(Cc2ccccc2)n1.CCl. The predicted molar refractivity (Wildman–Crippen MR) is 108 cm³/mol. The van der Waals surface area contributed by atoms with Crippen LogP contribution in [-0.4, -0.2) is 28.5 Å². The third kappa shape index (κ3) is 5.19. The Morgan fingerprint density at radius 3 is 2.38 bits per heavy atom. The van der Waals surface area contributed by atoms with Gasteiger partial charge < -0.3 is 9.30 Å². The van der Waals surface area contributed by atoms with Crippen molar-refractivity contribution in [2.24, 2.45) is 0 Å². The number of ether oxygens (including phenoxy) is 1. The number of halogens is 2. The second-order valence-corrected chi connectivity index (χ2v) is 6.19. The van der Waals surface area contributed by atoms with Crippen molar-refractivity contribution in [3.63, 3.8) is 0 Å². The number of hydrogen-bond donors (Lipinski definition) is 0. The number of hydrogen-bond acceptors (Lipinski definition) is 3. The zero-order valence-electron chi connectivity index (χ0n) is 14.7. The van der Waals surface area contributed by atoms with Gasteiger partial charge in [-0.25, -0.2) is 9.78 Å². The fraction of sp³-hybridized carbons (Fsp3) is 0.200. The van der Waals surface area contributed by atoms with Crippen LogP contribution in [0.1, 0.15) is 28.8 Å². The van der Waals surface area contributed by atoms with E-state index in [1.54, 1.807) is 13.1 Å². The first-order valence-corrected chi connectivity index (χ1v) is 9.65. The monoisotopic (exact) mass is 434 g/mol. The Morgan fingerprint density at radius 2 is 1.77 bits per heavy atom. The molecule has 3 aromatic rings. The summed E-state index contributed by atoms with van der Waals surface area (Å²) in [6, 6.07) is 18.0. The lowest BCUT2D eigenvalue weighted by atomic mass is 10.1. The van der Waals surface area contributed by atoms with Crippen LogP contribution in [0.2, 0.25) is 0 Å². The molecule has 3 rings (SSSR count). The Hall–Kier alpha value is -2.11. The van der Waals surface area contributed by atoms with Gasteiger partial charge in [0.25, 0.3) is 0 Å². The summed E-state index contributed by atoms with van der Waals surface area (Å²) in [6.07, 6.45) is 3.84. The molecule has 0 bridgehead atoms. The highest BCUT2D eigenvalue weighted by molar-refractivity contribution is 9.10. The van der Waals surface area contributed by atoms with Gasteiger partial charge in [-0.3, -0.25) is 0 Å². The summed E-state index contributed by atoms with van der Waals surface area (Å²) in [5.41, 5.74) is 2.41. The lowest BCUT2D eigenvalue weighted by Gasteiger charge is -2.08. The van der Waals surface area contributed by atoms with Crippen LogP contribution in [0, 0.1) is 0 Å². The lowest BCUT2D eigenvalue weighted by molar-refractivity contribution is 0.0520. The Balaban J connectivity index is 0.00000117. The number of rotatable bonds is 5. The van der Waals surface area contributed by atoms with Crippen molar-refractivity contribution in [2.45, 2.75) is 13.3 Å². The number of imidazole rings is 1. The van der Waals surface area contributed by atoms with Crippen molar-refractivity contribution < 1.29 is 9.53 Å². The fourth-order valence-electron chi connectivity index (χ4n) is 2.45. The number of nitrogens with zero attached hydrogens (tertiary/aromatic N) is 2. The van der Waals surface area contributed by atoms with Gasteiger partial charge in [0.1, 0.15) is 5.82 Å². The molecule has 0 unspecified atom stereocenters. The number of alkyl halides is 1. The highest BCUT2D eigenvalue weighted by atomic mass is 79.9. The first kappa shape index (κ1) is 20.2. The van der Waals surface area contributed by atoms with E-state index in [9.17, 15) is 4.79 Å². The van der Waals surface area contributed by atoms with E-state index < -0.39 is 5.97 Å². The second kappa shape index (κ2) is 10.1. The molecule has 0 aliphatic rings. The summed E-state index contributed by atoms with van der Waals surface area (Å²) >= 11 is 8.08. The molecule has 0 fully saturated rings. The molecular weight excluding hydrogens is 416 g/mol. The first-order valence-electron chi connectivity index (χ1n) is 8.10. The van der Waals surface area contributed by atoms with Crippen LogP contribution < -0.4 is 0 Å². The van der Waals surface area contributed by atoms with Crippen LogP contribution >= 0.6 is 27.5 Å². The zero-order chi connectivity index (χ0) is 18.9. The lowest BCUT2D eigenvalue weighted by Crippen LogP contribution is -2.05. The summed E-state index contributed by atoms with van der Waals surface area (Å²) in [5, 5.41) is 0. The maximum absolute atomic E-state index is 12.0. The molecule has 0 aliphatic heterocycles. The molecule has 0 radical (unpaired) electrons. The Morgan fingerprint density at radius 1 is 1.12 bits per heavy atom. The molecule has 0 amide bonds. The summed E-state index contributed by atoms with van der Waals surface area (Å²) in [5.74, 6) is 0.397. The summed E-state index contributed by atoms with van der Waals surface area (Å²) in [6.45, 7) is 2.12. The van der Waals surface area contributed by atoms with Gasteiger partial charge in [-0.05, 0) is 36.8 Å². The van der Waals surface area contributed by atoms with E-state index >= 15 is 0 Å². The minimum atomic E-state index is -0.400. The van der Waals surface area contributed by atoms with E-state index in [0.717, 1.165) is 21.5 Å². The van der Waals surface area contributed by atoms with Gasteiger partial charge in [0.05, 0.1) is 6.61 Å². The molecule has 0 saturated carbocycles. The third-order valence-electron chi connectivity index (χ3n) is 3.57. The molecule has 0 atom stereocenters. The van der Waals surface area contributed by atoms with Gasteiger partial charge in [0, 0.05) is 29.2 Å². The van der Waals surface area contributed by atoms with Crippen molar-refractivity contribution >= 4 is 33.5 Å². The van der Waals surface area contributed by atoms with Crippen LogP contribution in [0.15, 0.2) is 65.3 Å². The average molecular weight is 436 g/mol. The zero-order valence-corrected chi connectivity index (χ0v) is 17.0. The second-order valence-electron chi connectivity index (χ2n) is 5.27. The van der Waals surface area contributed by atoms with Gasteiger partial charge in [0.15, 0.2) is 5.69 Å². The molecular formula is C20H20BrClN2O2. The van der Waals surface area contributed by atoms with Crippen LogP contribution in [0.5, 0.6) is 0 Å². The van der Waals surface area contributed by atoms with E-state index in [4.69, 9.17) is 4.74 Å². The Kier molecular flexibility index (Phi) is 7.88. The molecule has 6 heteroatoms. The normalized spacial score (nSPS) is 10.0. The maximum atomic E-state index is 12.0. The quantitative estimate of drug-likeness (QED) is 0.406. The van der Waals surface area contributed by atoms with E-state index in [0.29, 0.717) is 18.7 Å². The number of esters is 1. The largest absolute Gasteiger partial charge is 0.461 e. The Bertz CT molecular complexity index is 833. The van der Waals surface area contributed by atoms with Crippen LogP contribution in [-0.2, 0) is 11.2 Å². The standard InChI is InChI=1S/C19H17BrN2O2.CH3Cl/c1-2-24-19(23)17-13-22(16-10-8-15(20)9-11-16)18(21-17)12-14-6-4-3-5-7-14;1-2/h3-11,13H,2,12H2,1H3;1H3. The van der Waals surface area contributed by atoms with Crippen LogP contribution in [0.25, 0.3) is 5.69 Å². The third-order valence-corrected chi connectivity index (χ3v) is 4.10. The van der Waals surface area contributed by atoms with Gasteiger partial charge in [-0.1, -0.05) is 46.3 Å². The minimum Gasteiger partial charge on any atom is -0.461 e. The van der Waals surface area contributed by atoms with E-state index in [1.165, 1.54) is 6.38 Å². The minimum absolute atomic E-state index is 0.325. The predicted octanol–water partition coefficient (Wildman–Crippen LogP) is 5.26. The van der Waals surface area contributed by atoms with Crippen molar-refractivity contribution in [1.82, 2.24) is 9.55 Å². The van der Waals surface area contributed by atoms with Crippen molar-refractivity contribution in [3.05, 3.63) is 82.3 Å². The molecule has 2 aromatic carbocycles. The van der Waals surface area contributed by atoms with Crippen molar-refractivity contribution in [3.8, 4) is 5.69 Å². The Labute approximate surface area is 166 Å². The van der Waals surface area contributed by atoms with E-state index in [2.05, 4.69) is 32.5 Å². The van der Waals surface area contributed by atoms with Gasteiger partial charge in [0.2, 0.25) is 0 Å². The topological polar surface area (TPSA) is 44.1 Å². The number of aromatic nitrogens is 2. The fourth-order valence-corrected chi connectivity index (χ4v) is 2.71. The van der Waals surface area contributed by atoms with Gasteiger partial charge >= 0.3 is 5.97 Å². The number of carbonyl (C=O) groups is 1. The van der Waals surface area contributed by atoms with Crippen molar-refractivity contribution in [1.29, 1.82) is 0 Å². The summed E-state index contributed by atoms with van der Waals surface area (Å²) in [7, 11) is 0. The molecule has 4 nitrogen and oxygen atoms in total. The molecule has 136 valence electrons. The van der Waals surface area contributed by atoms with Crippen LogP contribution in [0.3, 0.4) is 0 Å². The molecule has 0 aliphatic carbocycles. The first-order chi connectivity index (χ1) is 12.7. The molecule has 0 saturated heterocycles. The molecule has 1 heterocycles. The highest BCUT2D eigenvalue weighted by Crippen LogP contribution is 2.19. The van der Waals surface area contributed by atoms with Gasteiger partial charge in [-0.15, -0.1) is 11.6 Å². The smallest absolute Gasteiger partial charge is 0.358 e. The highest BCUT2D eigenvalue weighted by Gasteiger charge is 2.16. The van der Waals surface area contributed by atoms with Gasteiger partial charge in [-0.2, -0.15) is 0 Å². The van der Waals surface area contributed by atoms with Crippen LogP contribution in [0.4, 0.5) is 0 Å². The van der Waals surface area contributed by atoms with E-state index in [1.807, 2.05) is 59.2 Å². The molecule has 0 spiro atoms. The molecule has 1 aromatic heterocycles. The van der Waals surface area contributed by atoms with Crippen molar-refractivity contribution in [2.75, 3.05) is 13.0 Å². The molecule has 26 heavy (non-hydrogen) atoms. The summed E-state index contributed by atoms with van der Waals surface area (Å²) in [4.78, 5) is 16.5. The maximum Gasteiger partial charge on any atom is 0.358 e. The number of benzene rings is 2.